The van der Waals surface area contributed by atoms with Crippen LogP contribution < -0.4 is 10.6 Å². The molecule has 0 bridgehead atoms. The minimum absolute atomic E-state index is 0.0351. The molecule has 1 rings (SSSR count). The van der Waals surface area contributed by atoms with Crippen LogP contribution in [0.25, 0.3) is 0 Å². The monoisotopic (exact) mass is 368 g/mol. The number of aliphatic carboxylic acids is 1. The zero-order valence-corrected chi connectivity index (χ0v) is 12.4. The number of halogens is 4. The maximum atomic E-state index is 12.7. The topological polar surface area (TPSA) is 78.4 Å². The summed E-state index contributed by atoms with van der Waals surface area (Å²) in [6.45, 7) is 0.348. The van der Waals surface area contributed by atoms with Gasteiger partial charge in [0.1, 0.15) is 0 Å². The summed E-state index contributed by atoms with van der Waals surface area (Å²) < 4.78 is 38.9. The highest BCUT2D eigenvalue weighted by Gasteiger charge is 2.58. The molecule has 21 heavy (non-hydrogen) atoms. The molecule has 3 N–H and O–H groups in total. The molecule has 1 aromatic rings. The Kier molecular flexibility index (Phi) is 5.21. The van der Waals surface area contributed by atoms with E-state index in [2.05, 4.69) is 21.2 Å². The van der Waals surface area contributed by atoms with E-state index in [1.54, 1.807) is 24.3 Å². The fourth-order valence-electron chi connectivity index (χ4n) is 1.30. The van der Waals surface area contributed by atoms with Gasteiger partial charge in [-0.1, -0.05) is 28.1 Å². The molecule has 0 saturated heterocycles. The average Bonchev–Trinajstić information content (AvgIpc) is 2.36. The fourth-order valence-corrected chi connectivity index (χ4v) is 1.57. The van der Waals surface area contributed by atoms with E-state index in [1.807, 2.05) is 0 Å². The van der Waals surface area contributed by atoms with E-state index >= 15 is 0 Å². The minimum atomic E-state index is -5.12. The van der Waals surface area contributed by atoms with Crippen molar-refractivity contribution in [1.29, 1.82) is 0 Å². The van der Waals surface area contributed by atoms with Crippen LogP contribution in [0.15, 0.2) is 28.7 Å². The van der Waals surface area contributed by atoms with Crippen LogP contribution in [0.5, 0.6) is 0 Å². The molecular formula is C12H12BrF3N2O3. The van der Waals surface area contributed by atoms with Crippen LogP contribution in [0.4, 0.5) is 18.0 Å². The lowest BCUT2D eigenvalue weighted by Crippen LogP contribution is -2.63. The van der Waals surface area contributed by atoms with Crippen molar-refractivity contribution < 1.29 is 27.9 Å². The highest BCUT2D eigenvalue weighted by atomic mass is 79.9. The highest BCUT2D eigenvalue weighted by molar-refractivity contribution is 9.10. The van der Waals surface area contributed by atoms with Crippen molar-refractivity contribution in [2.75, 3.05) is 0 Å². The average molecular weight is 369 g/mol. The number of benzene rings is 1. The fraction of sp³-hybridized carbons (Fsp3) is 0.333. The molecule has 0 radical (unpaired) electrons. The van der Waals surface area contributed by atoms with E-state index < -0.39 is 23.7 Å². The number of hydrogen-bond acceptors (Lipinski definition) is 2. The molecule has 1 atom stereocenters. The van der Waals surface area contributed by atoms with Gasteiger partial charge >= 0.3 is 18.2 Å². The first-order valence-corrected chi connectivity index (χ1v) is 6.46. The molecule has 0 heterocycles. The SMILES string of the molecule is CC(NC(=O)NCc1ccc(Br)cc1)(C(=O)O)C(F)(F)F. The number of carboxylic acids is 1. The second kappa shape index (κ2) is 6.33. The van der Waals surface area contributed by atoms with Gasteiger partial charge in [0.05, 0.1) is 0 Å². The first-order valence-electron chi connectivity index (χ1n) is 5.67. The van der Waals surface area contributed by atoms with Crippen LogP contribution in [0, 0.1) is 0 Å². The van der Waals surface area contributed by atoms with Gasteiger partial charge in [-0.15, -0.1) is 0 Å². The number of carbonyl (C=O) groups is 2. The van der Waals surface area contributed by atoms with Gasteiger partial charge in [-0.25, -0.2) is 9.59 Å². The summed E-state index contributed by atoms with van der Waals surface area (Å²) >= 11 is 3.21. The Morgan fingerprint density at radius 3 is 2.19 bits per heavy atom. The normalized spacial score (nSPS) is 14.1. The third-order valence-corrected chi connectivity index (χ3v) is 3.25. The second-order valence-corrected chi connectivity index (χ2v) is 5.28. The van der Waals surface area contributed by atoms with Gasteiger partial charge in [-0.05, 0) is 24.6 Å². The molecule has 0 aliphatic rings. The van der Waals surface area contributed by atoms with Crippen LogP contribution in [0.2, 0.25) is 0 Å². The number of alkyl halides is 3. The van der Waals surface area contributed by atoms with E-state index in [4.69, 9.17) is 5.11 Å². The molecule has 0 aliphatic carbocycles. The van der Waals surface area contributed by atoms with Crippen molar-refractivity contribution in [3.63, 3.8) is 0 Å². The third kappa shape index (κ3) is 4.35. The summed E-state index contributed by atoms with van der Waals surface area (Å²) in [5.74, 6) is -2.19. The van der Waals surface area contributed by atoms with E-state index in [0.717, 1.165) is 4.47 Å². The van der Waals surface area contributed by atoms with E-state index in [-0.39, 0.29) is 6.54 Å². The quantitative estimate of drug-likeness (QED) is 0.764. The number of hydrogen-bond donors (Lipinski definition) is 3. The number of rotatable bonds is 4. The molecular weight excluding hydrogens is 357 g/mol. The smallest absolute Gasteiger partial charge is 0.422 e. The van der Waals surface area contributed by atoms with E-state index in [1.165, 1.54) is 5.32 Å². The molecule has 0 saturated carbocycles. The lowest BCUT2D eigenvalue weighted by molar-refractivity contribution is -0.203. The molecule has 0 fully saturated rings. The van der Waals surface area contributed by atoms with Crippen molar-refractivity contribution in [3.05, 3.63) is 34.3 Å². The third-order valence-electron chi connectivity index (χ3n) is 2.72. The molecule has 1 aromatic carbocycles. The van der Waals surface area contributed by atoms with Gasteiger partial charge in [-0.2, -0.15) is 13.2 Å². The van der Waals surface area contributed by atoms with E-state index in [0.29, 0.717) is 12.5 Å². The van der Waals surface area contributed by atoms with Crippen molar-refractivity contribution >= 4 is 27.9 Å². The Morgan fingerprint density at radius 2 is 1.76 bits per heavy atom. The van der Waals surface area contributed by atoms with Crippen LogP contribution in [0.1, 0.15) is 12.5 Å². The molecule has 1 unspecified atom stereocenters. The van der Waals surface area contributed by atoms with Gasteiger partial charge in [0.25, 0.3) is 0 Å². The zero-order chi connectivity index (χ0) is 16.3. The molecule has 0 aromatic heterocycles. The molecule has 0 spiro atoms. The molecule has 9 heteroatoms. The van der Waals surface area contributed by atoms with Gasteiger partial charge < -0.3 is 15.7 Å². The van der Waals surface area contributed by atoms with Crippen LogP contribution in [-0.4, -0.2) is 28.8 Å². The van der Waals surface area contributed by atoms with Crippen LogP contribution in [-0.2, 0) is 11.3 Å². The number of urea groups is 1. The van der Waals surface area contributed by atoms with E-state index in [9.17, 15) is 22.8 Å². The number of carbonyl (C=O) groups excluding carboxylic acids is 1. The standard InChI is InChI=1S/C12H12BrF3N2O3/c1-11(9(19)20,12(14,15)16)18-10(21)17-6-7-2-4-8(13)5-3-7/h2-5H,6H2,1H3,(H,19,20)(H2,17,18,21). The summed E-state index contributed by atoms with van der Waals surface area (Å²) in [5, 5.41) is 12.3. The van der Waals surface area contributed by atoms with Crippen molar-refractivity contribution in [1.82, 2.24) is 10.6 Å². The Bertz CT molecular complexity index is 534. The summed E-state index contributed by atoms with van der Waals surface area (Å²) in [6, 6.07) is 5.49. The highest BCUT2D eigenvalue weighted by Crippen LogP contribution is 2.30. The molecule has 5 nitrogen and oxygen atoms in total. The van der Waals surface area contributed by atoms with Gasteiger partial charge in [-0.3, -0.25) is 0 Å². The van der Waals surface area contributed by atoms with Crippen molar-refractivity contribution in [2.45, 2.75) is 25.2 Å². The Balaban J connectivity index is 2.67. The summed E-state index contributed by atoms with van der Waals surface area (Å²) in [4.78, 5) is 22.2. The zero-order valence-electron chi connectivity index (χ0n) is 10.8. The van der Waals surface area contributed by atoms with Crippen molar-refractivity contribution in [2.24, 2.45) is 0 Å². The summed E-state index contributed by atoms with van der Waals surface area (Å²) in [6.07, 6.45) is -5.12. The van der Waals surface area contributed by atoms with Gasteiger partial charge in [0.15, 0.2) is 0 Å². The van der Waals surface area contributed by atoms with Crippen LogP contribution >= 0.6 is 15.9 Å². The van der Waals surface area contributed by atoms with Gasteiger partial charge in [0.2, 0.25) is 5.54 Å². The maximum Gasteiger partial charge on any atom is 0.422 e. The maximum absolute atomic E-state index is 12.7. The summed E-state index contributed by atoms with van der Waals surface area (Å²) in [5.41, 5.74) is -2.70. The lowest BCUT2D eigenvalue weighted by Gasteiger charge is -2.28. The minimum Gasteiger partial charge on any atom is -0.479 e. The Morgan fingerprint density at radius 1 is 1.24 bits per heavy atom. The lowest BCUT2D eigenvalue weighted by atomic mass is 10.0. The van der Waals surface area contributed by atoms with Crippen molar-refractivity contribution in [3.8, 4) is 0 Å². The molecule has 116 valence electrons. The molecule has 2 amide bonds. The predicted molar refractivity (Wildman–Crippen MR) is 71.6 cm³/mol. The largest absolute Gasteiger partial charge is 0.479 e. The first-order chi connectivity index (χ1) is 9.56. The number of nitrogens with one attached hydrogen (secondary N) is 2. The van der Waals surface area contributed by atoms with Gasteiger partial charge in [0, 0.05) is 11.0 Å². The first kappa shape index (κ1) is 17.3. The number of carboxylic acid groups (broad SMARTS) is 1. The second-order valence-electron chi connectivity index (χ2n) is 4.36. The summed E-state index contributed by atoms with van der Waals surface area (Å²) in [7, 11) is 0. The predicted octanol–water partition coefficient (Wildman–Crippen LogP) is 2.65. The number of amides is 2. The van der Waals surface area contributed by atoms with Crippen LogP contribution in [0.3, 0.4) is 0 Å². The molecule has 0 aliphatic heterocycles. The Hall–Kier alpha value is -1.77. The Labute approximate surface area is 126 Å².